The number of ether oxygens (including phenoxy) is 2. The molecule has 0 spiro atoms. The second-order valence-electron chi connectivity index (χ2n) is 5.20. The van der Waals surface area contributed by atoms with E-state index in [0.717, 1.165) is 35.0 Å². The molecule has 0 radical (unpaired) electrons. The minimum atomic E-state index is 0.246. The van der Waals surface area contributed by atoms with Crippen molar-refractivity contribution in [3.63, 3.8) is 0 Å². The first-order chi connectivity index (χ1) is 10.2. The van der Waals surface area contributed by atoms with Crippen LogP contribution in [0, 0.1) is 0 Å². The van der Waals surface area contributed by atoms with Crippen LogP contribution >= 0.6 is 34.5 Å². The molecule has 3 nitrogen and oxygen atoms in total. The molecule has 1 aromatic carbocycles. The summed E-state index contributed by atoms with van der Waals surface area (Å²) in [5.41, 5.74) is 2.17. The maximum absolute atomic E-state index is 6.34. The highest BCUT2D eigenvalue weighted by molar-refractivity contribution is 7.16. The number of fused-ring (bicyclic) bond motifs is 2. The molecule has 2 aromatic rings. The second-order valence-corrected chi connectivity index (χ2v) is 7.38. The number of rotatable bonds is 2. The molecule has 6 heteroatoms. The molecule has 4 rings (SSSR count). The summed E-state index contributed by atoms with van der Waals surface area (Å²) >= 11 is 14.2. The van der Waals surface area contributed by atoms with Crippen LogP contribution < -0.4 is 14.8 Å². The molecule has 1 atom stereocenters. The molecule has 0 saturated heterocycles. The van der Waals surface area contributed by atoms with E-state index in [1.54, 1.807) is 17.4 Å². The highest BCUT2D eigenvalue weighted by atomic mass is 35.5. The molecule has 0 saturated carbocycles. The van der Waals surface area contributed by atoms with E-state index in [-0.39, 0.29) is 12.8 Å². The third-order valence-corrected chi connectivity index (χ3v) is 5.53. The first kappa shape index (κ1) is 13.6. The van der Waals surface area contributed by atoms with Gasteiger partial charge in [-0.25, -0.2) is 0 Å². The van der Waals surface area contributed by atoms with E-state index in [9.17, 15) is 0 Å². The topological polar surface area (TPSA) is 30.5 Å². The summed E-state index contributed by atoms with van der Waals surface area (Å²) in [7, 11) is 0. The fourth-order valence-electron chi connectivity index (χ4n) is 2.89. The summed E-state index contributed by atoms with van der Waals surface area (Å²) in [5, 5.41) is 4.17. The van der Waals surface area contributed by atoms with Crippen molar-refractivity contribution in [1.82, 2.24) is 0 Å². The Labute approximate surface area is 136 Å². The number of anilines is 1. The summed E-state index contributed by atoms with van der Waals surface area (Å²) < 4.78 is 11.6. The van der Waals surface area contributed by atoms with Gasteiger partial charge < -0.3 is 14.8 Å². The monoisotopic (exact) mass is 341 g/mol. The van der Waals surface area contributed by atoms with Crippen LogP contribution in [-0.4, -0.2) is 6.79 Å². The van der Waals surface area contributed by atoms with Crippen LogP contribution in [0.3, 0.4) is 0 Å². The average molecular weight is 342 g/mol. The molecule has 1 unspecified atom stereocenters. The zero-order valence-electron chi connectivity index (χ0n) is 11.1. The summed E-state index contributed by atoms with van der Waals surface area (Å²) in [6.45, 7) is 0.253. The molecular formula is C15H13Cl2NO2S. The summed E-state index contributed by atoms with van der Waals surface area (Å²) in [6, 6.07) is 6.03. The molecule has 0 fully saturated rings. The van der Waals surface area contributed by atoms with Gasteiger partial charge in [0.1, 0.15) is 0 Å². The van der Waals surface area contributed by atoms with Gasteiger partial charge in [0.25, 0.3) is 0 Å². The molecule has 1 aliphatic heterocycles. The maximum atomic E-state index is 6.34. The van der Waals surface area contributed by atoms with Crippen molar-refractivity contribution in [2.45, 2.75) is 25.3 Å². The van der Waals surface area contributed by atoms with E-state index in [1.807, 2.05) is 6.07 Å². The molecule has 2 aliphatic rings. The number of nitrogens with one attached hydrogen (secondary N) is 1. The largest absolute Gasteiger partial charge is 0.454 e. The highest BCUT2D eigenvalue weighted by Gasteiger charge is 2.24. The van der Waals surface area contributed by atoms with Gasteiger partial charge in [-0.05, 0) is 30.9 Å². The molecule has 0 amide bonds. The normalized spacial score (nSPS) is 19.4. The van der Waals surface area contributed by atoms with Crippen molar-refractivity contribution >= 4 is 40.2 Å². The minimum absolute atomic E-state index is 0.246. The van der Waals surface area contributed by atoms with Crippen LogP contribution in [0.25, 0.3) is 0 Å². The van der Waals surface area contributed by atoms with Gasteiger partial charge in [0.05, 0.1) is 21.1 Å². The van der Waals surface area contributed by atoms with Gasteiger partial charge in [-0.15, -0.1) is 11.3 Å². The molecule has 21 heavy (non-hydrogen) atoms. The van der Waals surface area contributed by atoms with Crippen LogP contribution in [0.2, 0.25) is 9.36 Å². The maximum Gasteiger partial charge on any atom is 0.231 e. The molecule has 110 valence electrons. The Kier molecular flexibility index (Phi) is 3.40. The molecule has 1 aliphatic carbocycles. The first-order valence-electron chi connectivity index (χ1n) is 6.84. The van der Waals surface area contributed by atoms with Crippen molar-refractivity contribution in [2.75, 3.05) is 12.1 Å². The molecular weight excluding hydrogens is 329 g/mol. The molecule has 2 heterocycles. The lowest BCUT2D eigenvalue weighted by Gasteiger charge is -2.25. The van der Waals surface area contributed by atoms with Crippen molar-refractivity contribution in [3.05, 3.63) is 38.0 Å². The molecule has 1 N–H and O–H groups in total. The van der Waals surface area contributed by atoms with Gasteiger partial charge in [0.15, 0.2) is 11.5 Å². The third-order valence-electron chi connectivity index (χ3n) is 3.88. The zero-order valence-corrected chi connectivity index (χ0v) is 13.4. The summed E-state index contributed by atoms with van der Waals surface area (Å²) in [6.07, 6.45) is 3.34. The Bertz CT molecular complexity index is 701. The van der Waals surface area contributed by atoms with Crippen molar-refractivity contribution in [3.8, 4) is 11.5 Å². The van der Waals surface area contributed by atoms with E-state index < -0.39 is 0 Å². The Morgan fingerprint density at radius 2 is 1.95 bits per heavy atom. The lowest BCUT2D eigenvalue weighted by molar-refractivity contribution is 0.174. The van der Waals surface area contributed by atoms with Crippen LogP contribution in [0.1, 0.15) is 29.3 Å². The Morgan fingerprint density at radius 1 is 1.14 bits per heavy atom. The van der Waals surface area contributed by atoms with Crippen molar-refractivity contribution < 1.29 is 9.47 Å². The molecule has 0 bridgehead atoms. The molecule has 1 aromatic heterocycles. The number of hydrogen-bond donors (Lipinski definition) is 1. The lowest BCUT2D eigenvalue weighted by atomic mass is 9.94. The fraction of sp³-hybridized carbons (Fsp3) is 0.333. The number of thiophene rings is 1. The van der Waals surface area contributed by atoms with Gasteiger partial charge in [0.2, 0.25) is 6.79 Å². The van der Waals surface area contributed by atoms with Crippen molar-refractivity contribution in [2.24, 2.45) is 0 Å². The SMILES string of the molecule is Clc1cc2c(s1)CCCC2Nc1cc2c(cc1Cl)OCO2. The van der Waals surface area contributed by atoms with E-state index in [0.29, 0.717) is 10.8 Å². The van der Waals surface area contributed by atoms with E-state index in [4.69, 9.17) is 32.7 Å². The second kappa shape index (κ2) is 5.27. The van der Waals surface area contributed by atoms with Gasteiger partial charge in [-0.1, -0.05) is 23.2 Å². The van der Waals surface area contributed by atoms with Gasteiger partial charge in [-0.2, -0.15) is 0 Å². The lowest BCUT2D eigenvalue weighted by Crippen LogP contribution is -2.15. The van der Waals surface area contributed by atoms with E-state index in [2.05, 4.69) is 11.4 Å². The Balaban J connectivity index is 1.65. The van der Waals surface area contributed by atoms with Crippen molar-refractivity contribution in [1.29, 1.82) is 0 Å². The van der Waals surface area contributed by atoms with E-state index in [1.165, 1.54) is 10.4 Å². The van der Waals surface area contributed by atoms with Crippen LogP contribution in [-0.2, 0) is 6.42 Å². The summed E-state index contributed by atoms with van der Waals surface area (Å²) in [5.74, 6) is 1.44. The zero-order chi connectivity index (χ0) is 14.4. The van der Waals surface area contributed by atoms with Crippen LogP contribution in [0.5, 0.6) is 11.5 Å². The number of benzene rings is 1. The number of aryl methyl sites for hydroxylation is 1. The summed E-state index contributed by atoms with van der Waals surface area (Å²) in [4.78, 5) is 1.38. The predicted octanol–water partition coefficient (Wildman–Crippen LogP) is 5.27. The Hall–Kier alpha value is -1.10. The van der Waals surface area contributed by atoms with Gasteiger partial charge in [0, 0.05) is 17.0 Å². The minimum Gasteiger partial charge on any atom is -0.454 e. The van der Waals surface area contributed by atoms with Crippen LogP contribution in [0.15, 0.2) is 18.2 Å². The first-order valence-corrected chi connectivity index (χ1v) is 8.42. The van der Waals surface area contributed by atoms with Crippen LogP contribution in [0.4, 0.5) is 5.69 Å². The fourth-order valence-corrected chi connectivity index (χ4v) is 4.48. The smallest absolute Gasteiger partial charge is 0.231 e. The number of halogens is 2. The van der Waals surface area contributed by atoms with Gasteiger partial charge in [-0.3, -0.25) is 0 Å². The standard InChI is InChI=1S/C15H13Cl2NO2S/c16-9-5-12-13(20-7-19-12)6-11(9)18-10-2-1-3-14-8(10)4-15(17)21-14/h4-6,10,18H,1-3,7H2. The number of hydrogen-bond acceptors (Lipinski definition) is 4. The Morgan fingerprint density at radius 3 is 2.81 bits per heavy atom. The average Bonchev–Trinajstić information content (AvgIpc) is 3.04. The van der Waals surface area contributed by atoms with Gasteiger partial charge >= 0.3 is 0 Å². The van der Waals surface area contributed by atoms with E-state index >= 15 is 0 Å². The quantitative estimate of drug-likeness (QED) is 0.806. The highest BCUT2D eigenvalue weighted by Crippen LogP contribution is 2.43. The third kappa shape index (κ3) is 2.45. The predicted molar refractivity (Wildman–Crippen MR) is 86.2 cm³/mol.